The maximum Gasteiger partial charge on any atom is 0.229 e. The summed E-state index contributed by atoms with van der Waals surface area (Å²) in [5.74, 6) is 2.19. The van der Waals surface area contributed by atoms with Gasteiger partial charge in [-0.05, 0) is 31.2 Å². The molecule has 29 heavy (non-hydrogen) atoms. The summed E-state index contributed by atoms with van der Waals surface area (Å²) in [5.41, 5.74) is 7.95. The molecule has 10 heteroatoms. The molecule has 10 nitrogen and oxygen atoms in total. The second-order valence-corrected chi connectivity index (χ2v) is 6.23. The van der Waals surface area contributed by atoms with Crippen molar-refractivity contribution in [1.29, 1.82) is 0 Å². The molecule has 4 heterocycles. The standard InChI is InChI=1S/C19H20N10/c1-13-3-2-4-15(24-13)18-21-8-5-16(27-18)26-17-6-9-22-19(28-17)25-14-11-23-29(12-14)10-7-20/h2-6,8-9,11-12H,7,10,20H2,1H3,(H2,21,22,25,26,27,28). The average Bonchev–Trinajstić information content (AvgIpc) is 3.16. The van der Waals surface area contributed by atoms with Crippen LogP contribution >= 0.6 is 0 Å². The third-order valence-corrected chi connectivity index (χ3v) is 3.93. The number of hydrogen-bond acceptors (Lipinski definition) is 9. The van der Waals surface area contributed by atoms with Gasteiger partial charge in [-0.2, -0.15) is 10.1 Å². The van der Waals surface area contributed by atoms with Crippen LogP contribution in [0.25, 0.3) is 11.5 Å². The Morgan fingerprint density at radius 3 is 2.62 bits per heavy atom. The van der Waals surface area contributed by atoms with E-state index in [2.05, 4.69) is 40.7 Å². The van der Waals surface area contributed by atoms with Crippen molar-refractivity contribution in [3.8, 4) is 11.5 Å². The Bertz CT molecular complexity index is 1110. The molecule has 0 saturated heterocycles. The van der Waals surface area contributed by atoms with E-state index in [0.717, 1.165) is 11.4 Å². The highest BCUT2D eigenvalue weighted by Gasteiger charge is 2.07. The van der Waals surface area contributed by atoms with Gasteiger partial charge < -0.3 is 16.4 Å². The van der Waals surface area contributed by atoms with Crippen LogP contribution in [0.4, 0.5) is 23.3 Å². The summed E-state index contributed by atoms with van der Waals surface area (Å²) in [6.45, 7) is 3.10. The summed E-state index contributed by atoms with van der Waals surface area (Å²) >= 11 is 0. The number of nitrogens with two attached hydrogens (primary N) is 1. The molecule has 0 aliphatic rings. The molecule has 0 aliphatic heterocycles. The van der Waals surface area contributed by atoms with Gasteiger partial charge in [-0.1, -0.05) is 6.07 Å². The SMILES string of the molecule is Cc1cccc(-c2nccc(Nc3ccnc(Nc4cnn(CCN)c4)n3)n2)n1. The Labute approximate surface area is 167 Å². The normalized spacial score (nSPS) is 10.7. The lowest BCUT2D eigenvalue weighted by Gasteiger charge is -2.08. The largest absolute Gasteiger partial charge is 0.329 e. The van der Waals surface area contributed by atoms with E-state index in [4.69, 9.17) is 5.73 Å². The van der Waals surface area contributed by atoms with Crippen LogP contribution < -0.4 is 16.4 Å². The molecule has 4 aromatic rings. The van der Waals surface area contributed by atoms with Crippen LogP contribution in [0.2, 0.25) is 0 Å². The number of nitrogens with one attached hydrogen (secondary N) is 2. The Kier molecular flexibility index (Phi) is 5.34. The smallest absolute Gasteiger partial charge is 0.229 e. The fourth-order valence-corrected chi connectivity index (χ4v) is 2.65. The van der Waals surface area contributed by atoms with Crippen molar-refractivity contribution in [1.82, 2.24) is 34.7 Å². The third-order valence-electron chi connectivity index (χ3n) is 3.93. The second-order valence-electron chi connectivity index (χ2n) is 6.23. The van der Waals surface area contributed by atoms with Gasteiger partial charge in [0.25, 0.3) is 0 Å². The van der Waals surface area contributed by atoms with E-state index in [1.54, 1.807) is 35.4 Å². The molecular weight excluding hydrogens is 368 g/mol. The summed E-state index contributed by atoms with van der Waals surface area (Å²) < 4.78 is 1.76. The number of rotatable bonds is 7. The minimum absolute atomic E-state index is 0.442. The first kappa shape index (κ1) is 18.4. The Morgan fingerprint density at radius 2 is 1.79 bits per heavy atom. The van der Waals surface area contributed by atoms with Crippen LogP contribution in [0.5, 0.6) is 0 Å². The molecule has 0 aliphatic carbocycles. The van der Waals surface area contributed by atoms with Crippen molar-refractivity contribution >= 4 is 23.3 Å². The first-order valence-electron chi connectivity index (χ1n) is 9.06. The molecule has 4 rings (SSSR count). The molecule has 0 radical (unpaired) electrons. The molecule has 0 fully saturated rings. The number of anilines is 4. The summed E-state index contributed by atoms with van der Waals surface area (Å²) in [6, 6.07) is 9.27. The van der Waals surface area contributed by atoms with E-state index in [-0.39, 0.29) is 0 Å². The van der Waals surface area contributed by atoms with E-state index in [9.17, 15) is 0 Å². The summed E-state index contributed by atoms with van der Waals surface area (Å²) in [4.78, 5) is 22.0. The van der Waals surface area contributed by atoms with Gasteiger partial charge in [-0.25, -0.2) is 19.9 Å². The highest BCUT2D eigenvalue weighted by Crippen LogP contribution is 2.18. The predicted molar refractivity (Wildman–Crippen MR) is 110 cm³/mol. The molecular formula is C19H20N10. The molecule has 146 valence electrons. The van der Waals surface area contributed by atoms with E-state index < -0.39 is 0 Å². The van der Waals surface area contributed by atoms with Gasteiger partial charge in [0.05, 0.1) is 18.4 Å². The van der Waals surface area contributed by atoms with E-state index >= 15 is 0 Å². The summed E-state index contributed by atoms with van der Waals surface area (Å²) in [7, 11) is 0. The number of pyridine rings is 1. The van der Waals surface area contributed by atoms with Gasteiger partial charge in [-0.15, -0.1) is 0 Å². The van der Waals surface area contributed by atoms with Gasteiger partial charge in [0.2, 0.25) is 5.95 Å². The van der Waals surface area contributed by atoms with Gasteiger partial charge in [0, 0.05) is 30.8 Å². The Balaban J connectivity index is 1.50. The monoisotopic (exact) mass is 388 g/mol. The van der Waals surface area contributed by atoms with Crippen molar-refractivity contribution in [2.75, 3.05) is 17.2 Å². The van der Waals surface area contributed by atoms with Crippen LogP contribution in [-0.2, 0) is 6.54 Å². The molecule has 0 spiro atoms. The van der Waals surface area contributed by atoms with Crippen molar-refractivity contribution in [3.05, 3.63) is 60.8 Å². The van der Waals surface area contributed by atoms with Gasteiger partial charge in [0.1, 0.15) is 17.3 Å². The zero-order valence-corrected chi connectivity index (χ0v) is 15.8. The first-order valence-corrected chi connectivity index (χ1v) is 9.06. The van der Waals surface area contributed by atoms with E-state index in [1.165, 1.54) is 0 Å². The fourth-order valence-electron chi connectivity index (χ4n) is 2.65. The molecule has 0 unspecified atom stereocenters. The highest BCUT2D eigenvalue weighted by molar-refractivity contribution is 5.58. The van der Waals surface area contributed by atoms with Crippen molar-refractivity contribution in [3.63, 3.8) is 0 Å². The molecule has 0 amide bonds. The van der Waals surface area contributed by atoms with Crippen LogP contribution in [0.1, 0.15) is 5.69 Å². The minimum Gasteiger partial charge on any atom is -0.329 e. The highest BCUT2D eigenvalue weighted by atomic mass is 15.3. The Morgan fingerprint density at radius 1 is 0.966 bits per heavy atom. The first-order chi connectivity index (χ1) is 14.2. The van der Waals surface area contributed by atoms with Crippen LogP contribution in [0.3, 0.4) is 0 Å². The lowest BCUT2D eigenvalue weighted by Crippen LogP contribution is -2.09. The molecule has 0 saturated carbocycles. The topological polar surface area (TPSA) is 132 Å². The minimum atomic E-state index is 0.442. The molecule has 0 bridgehead atoms. The molecule has 0 atom stereocenters. The van der Waals surface area contributed by atoms with Crippen LogP contribution in [-0.4, -0.2) is 41.2 Å². The number of aryl methyl sites for hydroxylation is 1. The van der Waals surface area contributed by atoms with Gasteiger partial charge >= 0.3 is 0 Å². The summed E-state index contributed by atoms with van der Waals surface area (Å²) in [5, 5.41) is 10.5. The molecule has 4 N–H and O–H groups in total. The second kappa shape index (κ2) is 8.40. The summed E-state index contributed by atoms with van der Waals surface area (Å²) in [6.07, 6.45) is 6.89. The molecule has 4 aromatic heterocycles. The quantitative estimate of drug-likeness (QED) is 0.436. The van der Waals surface area contributed by atoms with Gasteiger partial charge in [-0.3, -0.25) is 4.68 Å². The number of aromatic nitrogens is 7. The van der Waals surface area contributed by atoms with Crippen molar-refractivity contribution < 1.29 is 0 Å². The van der Waals surface area contributed by atoms with E-state index in [1.807, 2.05) is 31.3 Å². The number of nitrogens with zero attached hydrogens (tertiary/aromatic N) is 7. The van der Waals surface area contributed by atoms with Crippen LogP contribution in [0, 0.1) is 6.92 Å². The lowest BCUT2D eigenvalue weighted by molar-refractivity contribution is 0.625. The lowest BCUT2D eigenvalue weighted by atomic mass is 10.3. The zero-order chi connectivity index (χ0) is 20.1. The third kappa shape index (κ3) is 4.68. The fraction of sp³-hybridized carbons (Fsp3) is 0.158. The zero-order valence-electron chi connectivity index (χ0n) is 15.8. The number of hydrogen-bond donors (Lipinski definition) is 3. The van der Waals surface area contributed by atoms with Crippen molar-refractivity contribution in [2.24, 2.45) is 5.73 Å². The maximum atomic E-state index is 5.54. The van der Waals surface area contributed by atoms with Crippen LogP contribution in [0.15, 0.2) is 55.1 Å². The Hall–Kier alpha value is -3.92. The molecule has 0 aromatic carbocycles. The van der Waals surface area contributed by atoms with Gasteiger partial charge in [0.15, 0.2) is 5.82 Å². The van der Waals surface area contributed by atoms with Crippen molar-refractivity contribution in [2.45, 2.75) is 13.5 Å². The maximum absolute atomic E-state index is 5.54. The predicted octanol–water partition coefficient (Wildman–Crippen LogP) is 2.28. The van der Waals surface area contributed by atoms with E-state index in [0.29, 0.717) is 42.2 Å². The average molecular weight is 388 g/mol.